The fourth-order valence-electron chi connectivity index (χ4n) is 2.71. The van der Waals surface area contributed by atoms with Crippen LogP contribution in [0.25, 0.3) is 20.7 Å². The van der Waals surface area contributed by atoms with Crippen LogP contribution in [0.1, 0.15) is 5.56 Å². The third kappa shape index (κ3) is 3.14. The van der Waals surface area contributed by atoms with Gasteiger partial charge in [0.2, 0.25) is 0 Å². The van der Waals surface area contributed by atoms with Gasteiger partial charge in [0, 0.05) is 11.4 Å². The standard InChI is InChI=1S/C20H17N3S/c1-3-7-15(8-4-1)11-12-21-19-17-13-18(16-9-5-2-6-10-16)24-20(17)23-14-22-19/h1-10,13-14H,11-12H2,(H,21,22,23). The van der Waals surface area contributed by atoms with Gasteiger partial charge in [0.05, 0.1) is 5.39 Å². The molecule has 3 nitrogen and oxygen atoms in total. The highest BCUT2D eigenvalue weighted by Gasteiger charge is 2.09. The van der Waals surface area contributed by atoms with Gasteiger partial charge in [-0.1, -0.05) is 60.7 Å². The van der Waals surface area contributed by atoms with Gasteiger partial charge in [-0.15, -0.1) is 11.3 Å². The first-order valence-electron chi connectivity index (χ1n) is 7.98. The summed E-state index contributed by atoms with van der Waals surface area (Å²) in [5.41, 5.74) is 2.54. The molecule has 0 saturated heterocycles. The Morgan fingerprint density at radius 3 is 2.42 bits per heavy atom. The van der Waals surface area contributed by atoms with Crippen LogP contribution in [0.5, 0.6) is 0 Å². The Labute approximate surface area is 145 Å². The van der Waals surface area contributed by atoms with Crippen molar-refractivity contribution in [1.29, 1.82) is 0 Å². The monoisotopic (exact) mass is 331 g/mol. The quantitative estimate of drug-likeness (QED) is 0.558. The van der Waals surface area contributed by atoms with Crippen LogP contribution in [-0.2, 0) is 6.42 Å². The lowest BCUT2D eigenvalue weighted by molar-refractivity contribution is 1.01. The maximum absolute atomic E-state index is 4.43. The van der Waals surface area contributed by atoms with Crippen LogP contribution in [0.3, 0.4) is 0 Å². The number of anilines is 1. The minimum atomic E-state index is 0.854. The van der Waals surface area contributed by atoms with Gasteiger partial charge in [-0.3, -0.25) is 0 Å². The summed E-state index contributed by atoms with van der Waals surface area (Å²) in [5, 5.41) is 4.55. The van der Waals surface area contributed by atoms with Crippen molar-refractivity contribution in [2.75, 3.05) is 11.9 Å². The molecule has 4 aromatic rings. The number of hydrogen-bond acceptors (Lipinski definition) is 4. The Kier molecular flexibility index (Phi) is 4.21. The number of nitrogens with zero attached hydrogens (tertiary/aromatic N) is 2. The Balaban J connectivity index is 1.56. The lowest BCUT2D eigenvalue weighted by Gasteiger charge is -2.06. The van der Waals surface area contributed by atoms with E-state index in [2.05, 4.69) is 69.9 Å². The van der Waals surface area contributed by atoms with Crippen LogP contribution in [0, 0.1) is 0 Å². The van der Waals surface area contributed by atoms with Gasteiger partial charge < -0.3 is 5.32 Å². The molecule has 4 heteroatoms. The lowest BCUT2D eigenvalue weighted by Crippen LogP contribution is -2.06. The molecule has 0 unspecified atom stereocenters. The lowest BCUT2D eigenvalue weighted by atomic mass is 10.1. The normalized spacial score (nSPS) is 10.8. The molecule has 0 amide bonds. The van der Waals surface area contributed by atoms with E-state index < -0.39 is 0 Å². The van der Waals surface area contributed by atoms with E-state index in [-0.39, 0.29) is 0 Å². The van der Waals surface area contributed by atoms with Crippen molar-refractivity contribution in [2.24, 2.45) is 0 Å². The van der Waals surface area contributed by atoms with Gasteiger partial charge in [-0.05, 0) is 23.6 Å². The molecule has 2 heterocycles. The predicted molar refractivity (Wildman–Crippen MR) is 101 cm³/mol. The van der Waals surface area contributed by atoms with Crippen molar-refractivity contribution in [3.05, 3.63) is 78.6 Å². The summed E-state index contributed by atoms with van der Waals surface area (Å²) in [6.45, 7) is 0.854. The summed E-state index contributed by atoms with van der Waals surface area (Å²) in [6.07, 6.45) is 2.61. The average molecular weight is 331 g/mol. The van der Waals surface area contributed by atoms with E-state index in [9.17, 15) is 0 Å². The summed E-state index contributed by atoms with van der Waals surface area (Å²) in [7, 11) is 0. The minimum absolute atomic E-state index is 0.854. The van der Waals surface area contributed by atoms with Crippen molar-refractivity contribution in [1.82, 2.24) is 9.97 Å². The highest BCUT2D eigenvalue weighted by Crippen LogP contribution is 2.34. The summed E-state index contributed by atoms with van der Waals surface area (Å²) < 4.78 is 0. The summed E-state index contributed by atoms with van der Waals surface area (Å²) in [4.78, 5) is 11.1. The zero-order valence-corrected chi connectivity index (χ0v) is 14.0. The molecule has 0 aliphatic carbocycles. The number of hydrogen-bond donors (Lipinski definition) is 1. The zero-order valence-electron chi connectivity index (χ0n) is 13.1. The molecule has 4 rings (SSSR count). The van der Waals surface area contributed by atoms with E-state index >= 15 is 0 Å². The zero-order chi connectivity index (χ0) is 16.2. The minimum Gasteiger partial charge on any atom is -0.369 e. The van der Waals surface area contributed by atoms with Crippen molar-refractivity contribution in [3.63, 3.8) is 0 Å². The molecule has 2 aromatic heterocycles. The van der Waals surface area contributed by atoms with Gasteiger partial charge in [0.1, 0.15) is 17.0 Å². The third-order valence-corrected chi connectivity index (χ3v) is 5.03. The number of rotatable bonds is 5. The van der Waals surface area contributed by atoms with Crippen LogP contribution < -0.4 is 5.32 Å². The van der Waals surface area contributed by atoms with Gasteiger partial charge >= 0.3 is 0 Å². The number of fused-ring (bicyclic) bond motifs is 1. The first-order valence-corrected chi connectivity index (χ1v) is 8.79. The van der Waals surface area contributed by atoms with Crippen LogP contribution in [0.15, 0.2) is 73.1 Å². The molecule has 2 aromatic carbocycles. The first-order chi connectivity index (χ1) is 11.9. The average Bonchev–Trinajstić information content (AvgIpc) is 3.09. The summed E-state index contributed by atoms with van der Waals surface area (Å²) in [5.74, 6) is 0.911. The van der Waals surface area contributed by atoms with Crippen LogP contribution in [0.2, 0.25) is 0 Å². The predicted octanol–water partition coefficient (Wildman–Crippen LogP) is 5.01. The third-order valence-electron chi connectivity index (χ3n) is 3.94. The van der Waals surface area contributed by atoms with E-state index in [1.54, 1.807) is 17.7 Å². The number of aromatic nitrogens is 2. The van der Waals surface area contributed by atoms with Crippen molar-refractivity contribution < 1.29 is 0 Å². The van der Waals surface area contributed by atoms with Crippen molar-refractivity contribution >= 4 is 27.4 Å². The largest absolute Gasteiger partial charge is 0.369 e. The maximum atomic E-state index is 4.43. The highest BCUT2D eigenvalue weighted by molar-refractivity contribution is 7.21. The second kappa shape index (κ2) is 6.81. The fraction of sp³-hybridized carbons (Fsp3) is 0.100. The van der Waals surface area contributed by atoms with Crippen LogP contribution >= 0.6 is 11.3 Å². The molecule has 0 radical (unpaired) electrons. The summed E-state index contributed by atoms with van der Waals surface area (Å²) >= 11 is 1.70. The molecule has 0 saturated carbocycles. The molecule has 0 spiro atoms. The Hall–Kier alpha value is -2.72. The molecule has 1 N–H and O–H groups in total. The van der Waals surface area contributed by atoms with Gasteiger partial charge in [0.25, 0.3) is 0 Å². The van der Waals surface area contributed by atoms with E-state index in [4.69, 9.17) is 0 Å². The van der Waals surface area contributed by atoms with Crippen LogP contribution in [-0.4, -0.2) is 16.5 Å². The molecule has 0 atom stereocenters. The maximum Gasteiger partial charge on any atom is 0.138 e. The Morgan fingerprint density at radius 2 is 1.62 bits per heavy atom. The van der Waals surface area contributed by atoms with E-state index in [1.807, 2.05) is 12.1 Å². The summed E-state index contributed by atoms with van der Waals surface area (Å²) in [6, 6.07) is 23.1. The van der Waals surface area contributed by atoms with Gasteiger partial charge in [-0.2, -0.15) is 0 Å². The molecule has 0 bridgehead atoms. The molecule has 0 fully saturated rings. The molecule has 24 heavy (non-hydrogen) atoms. The SMILES string of the molecule is c1ccc(CCNc2ncnc3sc(-c4ccccc4)cc23)cc1. The Morgan fingerprint density at radius 1 is 0.875 bits per heavy atom. The molecule has 118 valence electrons. The molecule has 0 aliphatic rings. The topological polar surface area (TPSA) is 37.8 Å². The van der Waals surface area contributed by atoms with E-state index in [1.165, 1.54) is 16.0 Å². The highest BCUT2D eigenvalue weighted by atomic mass is 32.1. The van der Waals surface area contributed by atoms with E-state index in [0.29, 0.717) is 0 Å². The second-order valence-corrected chi connectivity index (χ2v) is 6.61. The van der Waals surface area contributed by atoms with Crippen LogP contribution in [0.4, 0.5) is 5.82 Å². The first kappa shape index (κ1) is 14.8. The smallest absolute Gasteiger partial charge is 0.138 e. The van der Waals surface area contributed by atoms with Crippen molar-refractivity contribution in [2.45, 2.75) is 6.42 Å². The van der Waals surface area contributed by atoms with Gasteiger partial charge in [-0.25, -0.2) is 9.97 Å². The molecular formula is C20H17N3S. The van der Waals surface area contributed by atoms with Gasteiger partial charge in [0.15, 0.2) is 0 Å². The molecular weight excluding hydrogens is 314 g/mol. The molecule has 0 aliphatic heterocycles. The number of nitrogens with one attached hydrogen (secondary N) is 1. The fourth-order valence-corrected chi connectivity index (χ4v) is 3.72. The number of thiophene rings is 1. The second-order valence-electron chi connectivity index (χ2n) is 5.58. The Bertz CT molecular complexity index is 933. The number of benzene rings is 2. The van der Waals surface area contributed by atoms with E-state index in [0.717, 1.165) is 29.0 Å². The van der Waals surface area contributed by atoms with Crippen molar-refractivity contribution in [3.8, 4) is 10.4 Å².